The number of carbonyl (C=O) groups excluding carboxylic acids is 1. The zero-order valence-electron chi connectivity index (χ0n) is 11.9. The van der Waals surface area contributed by atoms with E-state index in [-0.39, 0.29) is 12.1 Å². The standard InChI is InChI=1S/C15H17N3O2S/c1-18-7-11(6-16-18)14-17-12(8-21-14)15(19)20-13-5-9-2-3-10(13)4-9/h6-10,13H,2-5H2,1H3/t9-,10-,13+/m0/s1. The molecule has 2 aromatic rings. The maximum atomic E-state index is 12.2. The number of rotatable bonds is 3. The van der Waals surface area contributed by atoms with Crippen molar-refractivity contribution in [2.24, 2.45) is 18.9 Å². The monoisotopic (exact) mass is 303 g/mol. The normalized spacial score (nSPS) is 27.2. The summed E-state index contributed by atoms with van der Waals surface area (Å²) in [7, 11) is 1.86. The highest BCUT2D eigenvalue weighted by molar-refractivity contribution is 7.13. The lowest BCUT2D eigenvalue weighted by atomic mass is 9.98. The zero-order valence-corrected chi connectivity index (χ0v) is 12.7. The van der Waals surface area contributed by atoms with Crippen molar-refractivity contribution in [3.05, 3.63) is 23.5 Å². The summed E-state index contributed by atoms with van der Waals surface area (Å²) in [6.07, 6.45) is 8.54. The highest BCUT2D eigenvalue weighted by Crippen LogP contribution is 2.46. The van der Waals surface area contributed by atoms with E-state index in [9.17, 15) is 4.79 Å². The molecule has 2 fully saturated rings. The van der Waals surface area contributed by atoms with Crippen LogP contribution in [0.25, 0.3) is 10.6 Å². The van der Waals surface area contributed by atoms with Crippen molar-refractivity contribution < 1.29 is 9.53 Å². The minimum atomic E-state index is -0.279. The summed E-state index contributed by atoms with van der Waals surface area (Å²) in [4.78, 5) is 16.6. The fraction of sp³-hybridized carbons (Fsp3) is 0.533. The van der Waals surface area contributed by atoms with Gasteiger partial charge in [-0.1, -0.05) is 0 Å². The predicted molar refractivity (Wildman–Crippen MR) is 79.0 cm³/mol. The van der Waals surface area contributed by atoms with Crippen LogP contribution in [0.4, 0.5) is 0 Å². The summed E-state index contributed by atoms with van der Waals surface area (Å²) in [5.41, 5.74) is 1.35. The Balaban J connectivity index is 1.46. The molecule has 5 nitrogen and oxygen atoms in total. The van der Waals surface area contributed by atoms with Gasteiger partial charge in [-0.05, 0) is 37.5 Å². The number of carbonyl (C=O) groups is 1. The molecule has 2 bridgehead atoms. The second-order valence-electron chi connectivity index (χ2n) is 6.06. The topological polar surface area (TPSA) is 57.0 Å². The summed E-state index contributed by atoms with van der Waals surface area (Å²) < 4.78 is 7.40. The van der Waals surface area contributed by atoms with Crippen molar-refractivity contribution in [1.29, 1.82) is 0 Å². The minimum Gasteiger partial charge on any atom is -0.457 e. The van der Waals surface area contributed by atoms with Gasteiger partial charge in [-0.25, -0.2) is 9.78 Å². The molecule has 0 aromatic carbocycles. The minimum absolute atomic E-state index is 0.111. The second kappa shape index (κ2) is 4.94. The van der Waals surface area contributed by atoms with Crippen LogP contribution in [0, 0.1) is 11.8 Å². The lowest BCUT2D eigenvalue weighted by Crippen LogP contribution is -2.24. The van der Waals surface area contributed by atoms with Gasteiger partial charge in [0.05, 0.1) is 6.20 Å². The molecule has 0 unspecified atom stereocenters. The Morgan fingerprint density at radius 3 is 3.00 bits per heavy atom. The molecule has 2 aliphatic carbocycles. The van der Waals surface area contributed by atoms with Gasteiger partial charge in [0.15, 0.2) is 5.69 Å². The van der Waals surface area contributed by atoms with E-state index in [2.05, 4.69) is 10.1 Å². The molecule has 0 saturated heterocycles. The van der Waals surface area contributed by atoms with E-state index in [4.69, 9.17) is 4.74 Å². The Hall–Kier alpha value is -1.69. The van der Waals surface area contributed by atoms with Crippen LogP contribution < -0.4 is 0 Å². The van der Waals surface area contributed by atoms with E-state index in [0.29, 0.717) is 11.6 Å². The van der Waals surface area contributed by atoms with Gasteiger partial charge in [0, 0.05) is 24.2 Å². The van der Waals surface area contributed by atoms with Gasteiger partial charge in [-0.3, -0.25) is 4.68 Å². The second-order valence-corrected chi connectivity index (χ2v) is 6.92. The molecule has 0 amide bonds. The van der Waals surface area contributed by atoms with Gasteiger partial charge in [-0.15, -0.1) is 11.3 Å². The van der Waals surface area contributed by atoms with E-state index in [1.165, 1.54) is 30.6 Å². The van der Waals surface area contributed by atoms with Gasteiger partial charge in [0.25, 0.3) is 0 Å². The van der Waals surface area contributed by atoms with Crippen LogP contribution in [-0.2, 0) is 11.8 Å². The average molecular weight is 303 g/mol. The Labute approximate surface area is 127 Å². The molecule has 0 aliphatic heterocycles. The third-order valence-corrected chi connectivity index (χ3v) is 5.49. The molecule has 4 rings (SSSR count). The van der Waals surface area contributed by atoms with Crippen LogP contribution >= 0.6 is 11.3 Å². The summed E-state index contributed by atoms with van der Waals surface area (Å²) in [5, 5.41) is 6.71. The van der Waals surface area contributed by atoms with Gasteiger partial charge < -0.3 is 4.74 Å². The van der Waals surface area contributed by atoms with Crippen molar-refractivity contribution in [2.45, 2.75) is 31.8 Å². The fourth-order valence-electron chi connectivity index (χ4n) is 3.56. The molecule has 6 heteroatoms. The summed E-state index contributed by atoms with van der Waals surface area (Å²) in [5.74, 6) is 1.07. The van der Waals surface area contributed by atoms with Crippen molar-refractivity contribution in [1.82, 2.24) is 14.8 Å². The zero-order chi connectivity index (χ0) is 14.4. The van der Waals surface area contributed by atoms with Crippen LogP contribution in [0.1, 0.15) is 36.2 Å². The van der Waals surface area contributed by atoms with Crippen LogP contribution in [-0.4, -0.2) is 26.8 Å². The lowest BCUT2D eigenvalue weighted by Gasteiger charge is -2.21. The SMILES string of the molecule is Cn1cc(-c2nc(C(=O)O[C@@H]3C[C@H]4CC[C@H]3C4)cs2)cn1. The van der Waals surface area contributed by atoms with Crippen molar-refractivity contribution in [2.75, 3.05) is 0 Å². The lowest BCUT2D eigenvalue weighted by molar-refractivity contribution is 0.0153. The predicted octanol–water partition coefficient (Wildman–Crippen LogP) is 2.89. The average Bonchev–Trinajstić information content (AvgIpc) is 3.22. The molecule has 2 heterocycles. The number of fused-ring (bicyclic) bond motifs is 2. The van der Waals surface area contributed by atoms with Gasteiger partial charge in [-0.2, -0.15) is 5.10 Å². The van der Waals surface area contributed by atoms with Gasteiger partial charge in [0.2, 0.25) is 0 Å². The fourth-order valence-corrected chi connectivity index (χ4v) is 4.33. The van der Waals surface area contributed by atoms with E-state index in [1.54, 1.807) is 16.3 Å². The molecule has 2 aliphatic rings. The van der Waals surface area contributed by atoms with Crippen LogP contribution in [0.15, 0.2) is 17.8 Å². The van der Waals surface area contributed by atoms with E-state index in [0.717, 1.165) is 22.9 Å². The van der Waals surface area contributed by atoms with E-state index in [1.807, 2.05) is 13.2 Å². The molecular formula is C15H17N3O2S. The molecule has 2 saturated carbocycles. The number of aromatic nitrogens is 3. The Morgan fingerprint density at radius 2 is 2.33 bits per heavy atom. The maximum Gasteiger partial charge on any atom is 0.358 e. The van der Waals surface area contributed by atoms with Gasteiger partial charge in [0.1, 0.15) is 11.1 Å². The van der Waals surface area contributed by atoms with Crippen molar-refractivity contribution in [3.8, 4) is 10.6 Å². The van der Waals surface area contributed by atoms with Gasteiger partial charge >= 0.3 is 5.97 Å². The number of aryl methyl sites for hydroxylation is 1. The number of ether oxygens (including phenoxy) is 1. The van der Waals surface area contributed by atoms with Crippen LogP contribution in [0.5, 0.6) is 0 Å². The number of nitrogens with zero attached hydrogens (tertiary/aromatic N) is 3. The van der Waals surface area contributed by atoms with E-state index >= 15 is 0 Å². The van der Waals surface area contributed by atoms with E-state index < -0.39 is 0 Å². The molecule has 0 N–H and O–H groups in total. The van der Waals surface area contributed by atoms with Crippen LogP contribution in [0.2, 0.25) is 0 Å². The number of hydrogen-bond donors (Lipinski definition) is 0. The number of hydrogen-bond acceptors (Lipinski definition) is 5. The Kier molecular flexibility index (Phi) is 3.06. The molecule has 110 valence electrons. The molecule has 21 heavy (non-hydrogen) atoms. The maximum absolute atomic E-state index is 12.2. The Bertz CT molecular complexity index is 678. The quantitative estimate of drug-likeness (QED) is 0.818. The summed E-state index contributed by atoms with van der Waals surface area (Å²) >= 11 is 1.45. The Morgan fingerprint density at radius 1 is 1.43 bits per heavy atom. The molecule has 0 spiro atoms. The molecule has 0 radical (unpaired) electrons. The smallest absolute Gasteiger partial charge is 0.358 e. The first-order valence-corrected chi connectivity index (χ1v) is 8.22. The molecule has 3 atom stereocenters. The largest absolute Gasteiger partial charge is 0.457 e. The first-order valence-electron chi connectivity index (χ1n) is 7.34. The van der Waals surface area contributed by atoms with Crippen molar-refractivity contribution >= 4 is 17.3 Å². The molecule has 2 aromatic heterocycles. The number of thiazole rings is 1. The highest BCUT2D eigenvalue weighted by Gasteiger charge is 2.41. The first kappa shape index (κ1) is 13.0. The summed E-state index contributed by atoms with van der Waals surface area (Å²) in [6.45, 7) is 0. The highest BCUT2D eigenvalue weighted by atomic mass is 32.1. The van der Waals surface area contributed by atoms with Crippen LogP contribution in [0.3, 0.4) is 0 Å². The number of esters is 1. The van der Waals surface area contributed by atoms with Crippen molar-refractivity contribution in [3.63, 3.8) is 0 Å². The third-order valence-electron chi connectivity index (χ3n) is 4.60. The third kappa shape index (κ3) is 2.37. The molecular weight excluding hydrogens is 286 g/mol. The summed E-state index contributed by atoms with van der Waals surface area (Å²) in [6, 6.07) is 0. The first-order chi connectivity index (χ1) is 10.2.